The van der Waals surface area contributed by atoms with Crippen LogP contribution in [-0.4, -0.2) is 15.2 Å². The third kappa shape index (κ3) is 1.10. The molecule has 0 spiro atoms. The van der Waals surface area contributed by atoms with Gasteiger partial charge in [0.1, 0.15) is 9.22 Å². The summed E-state index contributed by atoms with van der Waals surface area (Å²) in [6.45, 7) is 0. The van der Waals surface area contributed by atoms with E-state index in [1.54, 1.807) is 12.4 Å². The van der Waals surface area contributed by atoms with Crippen LogP contribution in [-0.2, 0) is 0 Å². The molecule has 2 aromatic rings. The highest BCUT2D eigenvalue weighted by Crippen LogP contribution is 2.22. The van der Waals surface area contributed by atoms with Gasteiger partial charge in [-0.15, -0.1) is 0 Å². The van der Waals surface area contributed by atoms with E-state index in [2.05, 4.69) is 37.8 Å². The maximum atomic E-state index is 5.82. The number of aromatic nitrogens is 3. The topological polar surface area (TPSA) is 41.6 Å². The summed E-state index contributed by atoms with van der Waals surface area (Å²) in [5, 5.41) is 8.40. The highest BCUT2D eigenvalue weighted by Gasteiger charge is 2.04. The van der Waals surface area contributed by atoms with Crippen LogP contribution in [0, 0.1) is 3.70 Å². The number of nitrogens with zero attached hydrogens (tertiary/aromatic N) is 2. The van der Waals surface area contributed by atoms with Crippen molar-refractivity contribution in [3.05, 3.63) is 21.1 Å². The predicted octanol–water partition coefficient (Wildman–Crippen LogP) is 2.22. The third-order valence-corrected chi connectivity index (χ3v) is 2.47. The number of H-pyrrole nitrogens is 1. The molecule has 0 saturated heterocycles. The van der Waals surface area contributed by atoms with Gasteiger partial charge < -0.3 is 0 Å². The minimum atomic E-state index is 0.585. The van der Waals surface area contributed by atoms with Crippen molar-refractivity contribution in [2.45, 2.75) is 0 Å². The lowest BCUT2D eigenvalue weighted by atomic mass is 10.3. The van der Waals surface area contributed by atoms with Crippen LogP contribution in [0.5, 0.6) is 0 Å². The SMILES string of the molecule is Clc1cncc2c(I)[nH]nc12. The molecule has 0 amide bonds. The van der Waals surface area contributed by atoms with E-state index in [1.807, 2.05) is 0 Å². The summed E-state index contributed by atoms with van der Waals surface area (Å²) in [6.07, 6.45) is 3.33. The molecule has 5 heteroatoms. The van der Waals surface area contributed by atoms with Crippen molar-refractivity contribution in [1.29, 1.82) is 0 Å². The van der Waals surface area contributed by atoms with Gasteiger partial charge in [0, 0.05) is 12.4 Å². The molecule has 0 aliphatic heterocycles. The Bertz CT molecular complexity index is 398. The van der Waals surface area contributed by atoms with E-state index in [1.165, 1.54) is 0 Å². The van der Waals surface area contributed by atoms with E-state index in [9.17, 15) is 0 Å². The van der Waals surface area contributed by atoms with Crippen molar-refractivity contribution in [3.63, 3.8) is 0 Å². The average Bonchev–Trinajstić information content (AvgIpc) is 2.35. The second-order valence-corrected chi connectivity index (χ2v) is 3.54. The molecule has 56 valence electrons. The van der Waals surface area contributed by atoms with Crippen molar-refractivity contribution < 1.29 is 0 Å². The van der Waals surface area contributed by atoms with Crippen LogP contribution in [0.2, 0.25) is 5.02 Å². The largest absolute Gasteiger partial charge is 0.271 e. The molecule has 2 aromatic heterocycles. The number of hydrogen-bond donors (Lipinski definition) is 1. The van der Waals surface area contributed by atoms with Gasteiger partial charge in [-0.2, -0.15) is 5.10 Å². The minimum absolute atomic E-state index is 0.585. The minimum Gasteiger partial charge on any atom is -0.271 e. The van der Waals surface area contributed by atoms with Gasteiger partial charge in [0.2, 0.25) is 0 Å². The Labute approximate surface area is 81.3 Å². The summed E-state index contributed by atoms with van der Waals surface area (Å²) in [5.74, 6) is 0. The second kappa shape index (κ2) is 2.60. The Morgan fingerprint density at radius 2 is 2.27 bits per heavy atom. The van der Waals surface area contributed by atoms with Gasteiger partial charge in [-0.1, -0.05) is 11.6 Å². The number of hydrogen-bond acceptors (Lipinski definition) is 2. The van der Waals surface area contributed by atoms with Gasteiger partial charge in [0.05, 0.1) is 10.4 Å². The Morgan fingerprint density at radius 1 is 1.45 bits per heavy atom. The number of nitrogens with one attached hydrogen (secondary N) is 1. The van der Waals surface area contributed by atoms with Gasteiger partial charge in [-0.25, -0.2) is 0 Å². The smallest absolute Gasteiger partial charge is 0.115 e. The quantitative estimate of drug-likeness (QED) is 0.751. The van der Waals surface area contributed by atoms with Crippen molar-refractivity contribution >= 4 is 45.1 Å². The molecule has 0 saturated carbocycles. The average molecular weight is 279 g/mol. The molecule has 1 N–H and O–H groups in total. The standard InChI is InChI=1S/C6H3ClIN3/c7-4-2-9-1-3-5(4)10-11-6(3)8/h1-2H,(H,10,11). The van der Waals surface area contributed by atoms with E-state index in [0.717, 1.165) is 14.6 Å². The van der Waals surface area contributed by atoms with Crippen molar-refractivity contribution in [3.8, 4) is 0 Å². The maximum absolute atomic E-state index is 5.82. The summed E-state index contributed by atoms with van der Waals surface area (Å²) in [4.78, 5) is 3.95. The van der Waals surface area contributed by atoms with Crippen LogP contribution in [0.25, 0.3) is 10.9 Å². The van der Waals surface area contributed by atoms with Crippen LogP contribution in [0.3, 0.4) is 0 Å². The summed E-state index contributed by atoms with van der Waals surface area (Å²) in [5.41, 5.74) is 0.783. The monoisotopic (exact) mass is 279 g/mol. The molecule has 0 unspecified atom stereocenters. The molecule has 11 heavy (non-hydrogen) atoms. The first-order valence-electron chi connectivity index (χ1n) is 2.92. The predicted molar refractivity (Wildman–Crippen MR) is 51.6 cm³/mol. The Kier molecular flexibility index (Phi) is 1.72. The van der Waals surface area contributed by atoms with Crippen LogP contribution in [0.4, 0.5) is 0 Å². The molecular weight excluding hydrogens is 276 g/mol. The van der Waals surface area contributed by atoms with Crippen molar-refractivity contribution in [2.24, 2.45) is 0 Å². The second-order valence-electron chi connectivity index (χ2n) is 2.06. The first-order chi connectivity index (χ1) is 5.29. The van der Waals surface area contributed by atoms with Crippen LogP contribution < -0.4 is 0 Å². The lowest BCUT2D eigenvalue weighted by molar-refractivity contribution is 1.09. The molecule has 0 aliphatic carbocycles. The zero-order valence-electron chi connectivity index (χ0n) is 5.31. The van der Waals surface area contributed by atoms with E-state index in [-0.39, 0.29) is 0 Å². The fraction of sp³-hybridized carbons (Fsp3) is 0. The van der Waals surface area contributed by atoms with E-state index < -0.39 is 0 Å². The van der Waals surface area contributed by atoms with E-state index >= 15 is 0 Å². The summed E-state index contributed by atoms with van der Waals surface area (Å²) in [7, 11) is 0. The molecule has 2 rings (SSSR count). The van der Waals surface area contributed by atoms with Crippen LogP contribution in [0.1, 0.15) is 0 Å². The molecule has 0 bridgehead atoms. The number of pyridine rings is 1. The molecule has 0 aliphatic rings. The lowest BCUT2D eigenvalue weighted by Gasteiger charge is -1.88. The van der Waals surface area contributed by atoms with Crippen molar-refractivity contribution in [2.75, 3.05) is 0 Å². The van der Waals surface area contributed by atoms with Crippen LogP contribution >= 0.6 is 34.2 Å². The number of aromatic amines is 1. The van der Waals surface area contributed by atoms with E-state index in [0.29, 0.717) is 5.02 Å². The molecule has 0 atom stereocenters. The number of fused-ring (bicyclic) bond motifs is 1. The van der Waals surface area contributed by atoms with Gasteiger partial charge in [-0.3, -0.25) is 10.1 Å². The highest BCUT2D eigenvalue weighted by molar-refractivity contribution is 14.1. The molecule has 3 nitrogen and oxygen atoms in total. The van der Waals surface area contributed by atoms with E-state index in [4.69, 9.17) is 11.6 Å². The van der Waals surface area contributed by atoms with Crippen molar-refractivity contribution in [1.82, 2.24) is 15.2 Å². The van der Waals surface area contributed by atoms with Gasteiger partial charge in [-0.05, 0) is 22.6 Å². The summed E-state index contributed by atoms with van der Waals surface area (Å²) < 4.78 is 0.965. The normalized spacial score (nSPS) is 10.7. The number of rotatable bonds is 0. The first kappa shape index (κ1) is 7.30. The summed E-state index contributed by atoms with van der Waals surface area (Å²) >= 11 is 7.98. The lowest BCUT2D eigenvalue weighted by Crippen LogP contribution is -1.74. The van der Waals surface area contributed by atoms with Gasteiger partial charge >= 0.3 is 0 Å². The Balaban J connectivity index is 2.94. The highest BCUT2D eigenvalue weighted by atomic mass is 127. The first-order valence-corrected chi connectivity index (χ1v) is 4.38. The fourth-order valence-corrected chi connectivity index (χ4v) is 1.58. The fourth-order valence-electron chi connectivity index (χ4n) is 0.868. The van der Waals surface area contributed by atoms with Gasteiger partial charge in [0.25, 0.3) is 0 Å². The zero-order chi connectivity index (χ0) is 7.84. The maximum Gasteiger partial charge on any atom is 0.115 e. The molecule has 2 heterocycles. The molecule has 0 aromatic carbocycles. The Morgan fingerprint density at radius 3 is 3.00 bits per heavy atom. The third-order valence-electron chi connectivity index (χ3n) is 1.38. The molecular formula is C6H3ClIN3. The Hall–Kier alpha value is -0.360. The summed E-state index contributed by atoms with van der Waals surface area (Å²) in [6, 6.07) is 0. The van der Waals surface area contributed by atoms with Crippen LogP contribution in [0.15, 0.2) is 12.4 Å². The zero-order valence-corrected chi connectivity index (χ0v) is 8.22. The number of halogens is 2. The molecule has 0 fully saturated rings. The molecule has 0 radical (unpaired) electrons. The van der Waals surface area contributed by atoms with Gasteiger partial charge in [0.15, 0.2) is 0 Å².